The van der Waals surface area contributed by atoms with Crippen LogP contribution >= 0.6 is 0 Å². The number of hydrogen-bond acceptors (Lipinski definition) is 4. The second kappa shape index (κ2) is 10.7. The van der Waals surface area contributed by atoms with Crippen molar-refractivity contribution in [3.8, 4) is 28.1 Å². The standard InChI is InChI=1S/C27H32N2O4/c1-19-26(23-9-6-10-24(15-23)32-2)27(22-7-4-3-5-8-22)29(28-19)16-20-11-13-21(14-12-20)17-33-18-25(30)31/h3-10,15,20-21H,11-14,16-18H2,1-2H3,(H,30,31)/t20-,21-. The highest BCUT2D eigenvalue weighted by atomic mass is 16.5. The zero-order chi connectivity index (χ0) is 23.2. The average molecular weight is 449 g/mol. The highest BCUT2D eigenvalue weighted by Crippen LogP contribution is 2.38. The maximum absolute atomic E-state index is 10.7. The fourth-order valence-electron chi connectivity index (χ4n) is 4.87. The molecule has 3 aromatic rings. The second-order valence-electron chi connectivity index (χ2n) is 8.88. The van der Waals surface area contributed by atoms with Crippen molar-refractivity contribution in [2.24, 2.45) is 11.8 Å². The first-order valence-corrected chi connectivity index (χ1v) is 11.6. The van der Waals surface area contributed by atoms with E-state index in [9.17, 15) is 4.79 Å². The fraction of sp³-hybridized carbons (Fsp3) is 0.407. The zero-order valence-corrected chi connectivity index (χ0v) is 19.4. The van der Waals surface area contributed by atoms with Gasteiger partial charge in [-0.15, -0.1) is 0 Å². The molecular formula is C27H32N2O4. The Bertz CT molecular complexity index is 1070. The van der Waals surface area contributed by atoms with Crippen LogP contribution < -0.4 is 4.74 Å². The number of nitrogens with zero attached hydrogens (tertiary/aromatic N) is 2. The number of methoxy groups -OCH3 is 1. The predicted octanol–water partition coefficient (Wildman–Crippen LogP) is 5.44. The number of carbonyl (C=O) groups is 1. The monoisotopic (exact) mass is 448 g/mol. The molecule has 0 aliphatic heterocycles. The number of hydrogen-bond donors (Lipinski definition) is 1. The Labute approximate surface area is 195 Å². The van der Waals surface area contributed by atoms with Crippen LogP contribution in [0.25, 0.3) is 22.4 Å². The number of aromatic nitrogens is 2. The van der Waals surface area contributed by atoms with E-state index in [1.165, 1.54) is 0 Å². The highest BCUT2D eigenvalue weighted by Gasteiger charge is 2.25. The van der Waals surface area contributed by atoms with Crippen molar-refractivity contribution >= 4 is 5.97 Å². The third kappa shape index (κ3) is 5.63. The van der Waals surface area contributed by atoms with Crippen molar-refractivity contribution in [1.82, 2.24) is 9.78 Å². The Hall–Kier alpha value is -3.12. The Balaban J connectivity index is 1.56. The molecule has 0 unspecified atom stereocenters. The molecular weight excluding hydrogens is 416 g/mol. The molecule has 0 bridgehead atoms. The van der Waals surface area contributed by atoms with Crippen LogP contribution in [0.5, 0.6) is 5.75 Å². The molecule has 2 aromatic carbocycles. The SMILES string of the molecule is COc1cccc(-c2c(C)nn(C[C@H]3CC[C@H](COCC(=O)O)CC3)c2-c2ccccc2)c1. The van der Waals surface area contributed by atoms with Gasteiger partial charge in [-0.1, -0.05) is 42.5 Å². The molecule has 0 amide bonds. The van der Waals surface area contributed by atoms with Gasteiger partial charge in [0.05, 0.1) is 25.1 Å². The summed E-state index contributed by atoms with van der Waals surface area (Å²) >= 11 is 0. The van der Waals surface area contributed by atoms with Crippen molar-refractivity contribution < 1.29 is 19.4 Å². The molecule has 4 rings (SSSR count). The molecule has 0 atom stereocenters. The average Bonchev–Trinajstić information content (AvgIpc) is 3.16. The van der Waals surface area contributed by atoms with Gasteiger partial charge in [0.15, 0.2) is 0 Å². The van der Waals surface area contributed by atoms with Gasteiger partial charge in [0.1, 0.15) is 12.4 Å². The number of benzene rings is 2. The molecule has 0 spiro atoms. The van der Waals surface area contributed by atoms with E-state index in [0.717, 1.165) is 66.1 Å². The summed E-state index contributed by atoms with van der Waals surface area (Å²) in [6.45, 7) is 3.28. The van der Waals surface area contributed by atoms with Gasteiger partial charge in [0, 0.05) is 17.7 Å². The first-order chi connectivity index (χ1) is 16.0. The Morgan fingerprint density at radius 2 is 1.73 bits per heavy atom. The normalized spacial score (nSPS) is 18.2. The predicted molar refractivity (Wildman–Crippen MR) is 128 cm³/mol. The maximum Gasteiger partial charge on any atom is 0.329 e. The molecule has 1 aliphatic carbocycles. The van der Waals surface area contributed by atoms with Gasteiger partial charge in [-0.2, -0.15) is 5.10 Å². The van der Waals surface area contributed by atoms with Crippen LogP contribution in [0.1, 0.15) is 31.4 Å². The first-order valence-electron chi connectivity index (χ1n) is 11.6. The summed E-state index contributed by atoms with van der Waals surface area (Å²) in [6.07, 6.45) is 4.33. The molecule has 174 valence electrons. The molecule has 1 aliphatic rings. The summed E-state index contributed by atoms with van der Waals surface area (Å²) in [5, 5.41) is 13.8. The molecule has 0 saturated heterocycles. The zero-order valence-electron chi connectivity index (χ0n) is 19.4. The van der Waals surface area contributed by atoms with Crippen LogP contribution in [0.3, 0.4) is 0 Å². The summed E-state index contributed by atoms with van der Waals surface area (Å²) in [5.41, 5.74) is 5.57. The summed E-state index contributed by atoms with van der Waals surface area (Å²) < 4.78 is 13.0. The van der Waals surface area contributed by atoms with Gasteiger partial charge in [-0.25, -0.2) is 4.79 Å². The minimum Gasteiger partial charge on any atom is -0.497 e. The van der Waals surface area contributed by atoms with Crippen LogP contribution in [0.15, 0.2) is 54.6 Å². The van der Waals surface area contributed by atoms with E-state index in [-0.39, 0.29) is 6.61 Å². The third-order valence-corrected chi connectivity index (χ3v) is 6.51. The van der Waals surface area contributed by atoms with E-state index in [1.807, 2.05) is 18.2 Å². The van der Waals surface area contributed by atoms with Gasteiger partial charge in [0.25, 0.3) is 0 Å². The van der Waals surface area contributed by atoms with Crippen molar-refractivity contribution in [1.29, 1.82) is 0 Å². The van der Waals surface area contributed by atoms with Crippen LogP contribution in [0.4, 0.5) is 0 Å². The number of ether oxygens (including phenoxy) is 2. The molecule has 6 nitrogen and oxygen atoms in total. The molecule has 0 radical (unpaired) electrons. The van der Waals surface area contributed by atoms with E-state index in [4.69, 9.17) is 19.7 Å². The van der Waals surface area contributed by atoms with Crippen molar-refractivity contribution in [3.63, 3.8) is 0 Å². The molecule has 1 saturated carbocycles. The topological polar surface area (TPSA) is 73.6 Å². The highest BCUT2D eigenvalue weighted by molar-refractivity contribution is 5.83. The van der Waals surface area contributed by atoms with E-state index >= 15 is 0 Å². The Morgan fingerprint density at radius 1 is 1.03 bits per heavy atom. The van der Waals surface area contributed by atoms with Gasteiger partial charge in [-0.3, -0.25) is 4.68 Å². The number of rotatable bonds is 9. The van der Waals surface area contributed by atoms with Crippen molar-refractivity contribution in [3.05, 3.63) is 60.3 Å². The summed E-state index contributed by atoms with van der Waals surface area (Å²) in [6, 6.07) is 18.6. The number of carboxylic acids is 1. The molecule has 1 fully saturated rings. The van der Waals surface area contributed by atoms with Crippen molar-refractivity contribution in [2.75, 3.05) is 20.3 Å². The van der Waals surface area contributed by atoms with Gasteiger partial charge < -0.3 is 14.6 Å². The lowest BCUT2D eigenvalue weighted by Crippen LogP contribution is -2.23. The molecule has 1 aromatic heterocycles. The Morgan fingerprint density at radius 3 is 2.42 bits per heavy atom. The molecule has 1 N–H and O–H groups in total. The Kier molecular flexibility index (Phi) is 7.45. The van der Waals surface area contributed by atoms with Crippen LogP contribution in [0.2, 0.25) is 0 Å². The summed E-state index contributed by atoms with van der Waals surface area (Å²) in [5.74, 6) is 0.918. The van der Waals surface area contributed by atoms with Crippen LogP contribution in [0, 0.1) is 18.8 Å². The quantitative estimate of drug-likeness (QED) is 0.472. The van der Waals surface area contributed by atoms with Gasteiger partial charge in [0.2, 0.25) is 0 Å². The minimum atomic E-state index is -0.905. The molecule has 1 heterocycles. The van der Waals surface area contributed by atoms with Gasteiger partial charge in [-0.05, 0) is 62.1 Å². The summed E-state index contributed by atoms with van der Waals surface area (Å²) in [4.78, 5) is 10.7. The lowest BCUT2D eigenvalue weighted by Gasteiger charge is -2.28. The maximum atomic E-state index is 10.7. The van der Waals surface area contributed by atoms with E-state index in [0.29, 0.717) is 18.4 Å². The van der Waals surface area contributed by atoms with Crippen LogP contribution in [-0.2, 0) is 16.1 Å². The smallest absolute Gasteiger partial charge is 0.329 e. The second-order valence-corrected chi connectivity index (χ2v) is 8.88. The third-order valence-electron chi connectivity index (χ3n) is 6.51. The van der Waals surface area contributed by atoms with E-state index in [1.54, 1.807) is 7.11 Å². The van der Waals surface area contributed by atoms with E-state index < -0.39 is 5.97 Å². The van der Waals surface area contributed by atoms with Gasteiger partial charge >= 0.3 is 5.97 Å². The van der Waals surface area contributed by atoms with Crippen molar-refractivity contribution in [2.45, 2.75) is 39.2 Å². The number of aliphatic carboxylic acids is 1. The summed E-state index contributed by atoms with van der Waals surface area (Å²) in [7, 11) is 1.69. The lowest BCUT2D eigenvalue weighted by molar-refractivity contribution is -0.142. The molecule has 6 heteroatoms. The number of carboxylic acid groups (broad SMARTS) is 1. The number of aryl methyl sites for hydroxylation is 1. The minimum absolute atomic E-state index is 0.208. The largest absolute Gasteiger partial charge is 0.497 e. The van der Waals surface area contributed by atoms with E-state index in [2.05, 4.69) is 48.0 Å². The molecule has 33 heavy (non-hydrogen) atoms. The first kappa shape index (κ1) is 23.1. The fourth-order valence-corrected chi connectivity index (χ4v) is 4.87. The lowest BCUT2D eigenvalue weighted by atomic mass is 9.82. The van der Waals surface area contributed by atoms with Crippen LogP contribution in [-0.4, -0.2) is 41.2 Å².